The SMILES string of the molecule is COC(=O)CCCCOc1cc([N+](=O)[O-])c(C(C)NC(=O)[C@H](Cc2ccccc2)NC(=O)[C@H](CCCCNC(=O)OC(C)(C)C)NS(=O)(=O)c2ccc(Br)cc2)cc1OC. The van der Waals surface area contributed by atoms with Crippen LogP contribution >= 0.6 is 15.9 Å². The molecular formula is C41H54BrN5O12S. The number of nitrogens with zero attached hydrogens (tertiary/aromatic N) is 1. The highest BCUT2D eigenvalue weighted by Gasteiger charge is 2.32. The van der Waals surface area contributed by atoms with Crippen molar-refractivity contribution in [2.24, 2.45) is 0 Å². The highest BCUT2D eigenvalue weighted by Crippen LogP contribution is 2.37. The standard InChI is InChI=1S/C41H54BrN5O12S/c1-27(31-25-35(56-5)36(26-34(31)47(52)53)58-23-13-11-17-37(48)57-6)44-39(50)33(24-28-14-8-7-9-15-28)45-38(49)32(16-10-12-22-43-40(51)59-41(2,3)4)46-60(54,55)30-20-18-29(42)19-21-30/h7-9,14-15,18-21,25-27,32-33,46H,10-13,16-17,22-24H2,1-6H3,(H,43,51)(H,44,50)(H,45,49)/t27?,32-,33-/m0/s1. The second-order valence-electron chi connectivity index (χ2n) is 14.7. The molecule has 3 amide bonds. The fourth-order valence-corrected chi connectivity index (χ4v) is 7.31. The molecule has 1 unspecified atom stereocenters. The van der Waals surface area contributed by atoms with Crippen LogP contribution in [0.2, 0.25) is 0 Å². The van der Waals surface area contributed by atoms with E-state index in [9.17, 15) is 37.7 Å². The predicted octanol–water partition coefficient (Wildman–Crippen LogP) is 6.03. The zero-order chi connectivity index (χ0) is 44.5. The van der Waals surface area contributed by atoms with Crippen molar-refractivity contribution in [1.29, 1.82) is 0 Å². The van der Waals surface area contributed by atoms with E-state index in [-0.39, 0.29) is 66.0 Å². The number of amides is 3. The van der Waals surface area contributed by atoms with Crippen molar-refractivity contribution >= 4 is 55.5 Å². The Labute approximate surface area is 359 Å². The Bertz CT molecular complexity index is 2030. The summed E-state index contributed by atoms with van der Waals surface area (Å²) in [6.45, 7) is 7.06. The van der Waals surface area contributed by atoms with Crippen molar-refractivity contribution in [2.75, 3.05) is 27.4 Å². The van der Waals surface area contributed by atoms with Crippen molar-refractivity contribution < 1.29 is 51.5 Å². The molecule has 3 rings (SSSR count). The number of methoxy groups -OCH3 is 2. The molecule has 60 heavy (non-hydrogen) atoms. The lowest BCUT2D eigenvalue weighted by Gasteiger charge is -2.25. The van der Waals surface area contributed by atoms with E-state index in [2.05, 4.69) is 41.3 Å². The number of unbranched alkanes of at least 4 members (excludes halogenated alkanes) is 2. The summed E-state index contributed by atoms with van der Waals surface area (Å²) in [5.74, 6) is -1.59. The molecule has 3 atom stereocenters. The van der Waals surface area contributed by atoms with E-state index in [1.54, 1.807) is 63.2 Å². The summed E-state index contributed by atoms with van der Waals surface area (Å²) in [7, 11) is -1.57. The zero-order valence-corrected chi connectivity index (χ0v) is 37.0. The topological polar surface area (TPSA) is 231 Å². The fraction of sp³-hybridized carbons (Fsp3) is 0.463. The normalized spacial score (nSPS) is 12.9. The number of hydrogen-bond donors (Lipinski definition) is 4. The molecule has 0 aliphatic rings. The van der Waals surface area contributed by atoms with Gasteiger partial charge in [0.05, 0.1) is 48.3 Å². The van der Waals surface area contributed by atoms with E-state index in [1.165, 1.54) is 45.4 Å². The number of benzene rings is 3. The molecule has 0 spiro atoms. The van der Waals surface area contributed by atoms with Gasteiger partial charge in [-0.3, -0.25) is 24.5 Å². The van der Waals surface area contributed by atoms with Gasteiger partial charge >= 0.3 is 12.1 Å². The zero-order valence-electron chi connectivity index (χ0n) is 34.6. The van der Waals surface area contributed by atoms with Gasteiger partial charge in [0.1, 0.15) is 17.7 Å². The number of nitro groups is 1. The number of rotatable bonds is 23. The summed E-state index contributed by atoms with van der Waals surface area (Å²) < 4.78 is 51.3. The van der Waals surface area contributed by atoms with Gasteiger partial charge in [-0.2, -0.15) is 4.72 Å². The third-order valence-corrected chi connectivity index (χ3v) is 10.9. The van der Waals surface area contributed by atoms with E-state index >= 15 is 0 Å². The quantitative estimate of drug-likeness (QED) is 0.0370. The monoisotopic (exact) mass is 919 g/mol. The Morgan fingerprint density at radius 2 is 1.53 bits per heavy atom. The van der Waals surface area contributed by atoms with Crippen LogP contribution in [0.5, 0.6) is 11.5 Å². The largest absolute Gasteiger partial charge is 0.493 e. The minimum Gasteiger partial charge on any atom is -0.493 e. The first-order valence-corrected chi connectivity index (χ1v) is 21.6. The van der Waals surface area contributed by atoms with Gasteiger partial charge in [-0.25, -0.2) is 13.2 Å². The summed E-state index contributed by atoms with van der Waals surface area (Å²) in [6.07, 6.45) is 1.17. The van der Waals surface area contributed by atoms with E-state index < -0.39 is 56.6 Å². The Morgan fingerprint density at radius 1 is 0.867 bits per heavy atom. The van der Waals surface area contributed by atoms with Gasteiger partial charge in [-0.05, 0) is 95.7 Å². The van der Waals surface area contributed by atoms with E-state index in [0.29, 0.717) is 35.7 Å². The van der Waals surface area contributed by atoms with Gasteiger partial charge in [0, 0.05) is 23.9 Å². The molecule has 0 aliphatic heterocycles. The van der Waals surface area contributed by atoms with E-state index in [0.717, 1.165) is 0 Å². The van der Waals surface area contributed by atoms with Crippen LogP contribution in [0.15, 0.2) is 76.1 Å². The molecule has 4 N–H and O–H groups in total. The Balaban J connectivity index is 1.86. The number of halogens is 1. The van der Waals surface area contributed by atoms with Crippen molar-refractivity contribution in [1.82, 2.24) is 20.7 Å². The number of nitrogens with one attached hydrogen (secondary N) is 4. The number of hydrogen-bond acceptors (Lipinski definition) is 12. The Hall–Kier alpha value is -5.27. The maximum atomic E-state index is 14.1. The lowest BCUT2D eigenvalue weighted by Crippen LogP contribution is -2.54. The predicted molar refractivity (Wildman–Crippen MR) is 226 cm³/mol. The molecule has 0 bridgehead atoms. The second-order valence-corrected chi connectivity index (χ2v) is 17.4. The number of sulfonamides is 1. The third kappa shape index (κ3) is 16.4. The summed E-state index contributed by atoms with van der Waals surface area (Å²) in [5.41, 5.74) is -0.296. The van der Waals surface area contributed by atoms with E-state index in [4.69, 9.17) is 14.2 Å². The van der Waals surface area contributed by atoms with Crippen molar-refractivity contribution in [3.8, 4) is 11.5 Å². The minimum atomic E-state index is -4.23. The van der Waals surface area contributed by atoms with Crippen LogP contribution in [0.25, 0.3) is 0 Å². The fourth-order valence-electron chi connectivity index (χ4n) is 5.81. The van der Waals surface area contributed by atoms with Crippen LogP contribution in [0, 0.1) is 10.1 Å². The number of alkyl carbamates (subject to hydrolysis) is 1. The number of esters is 1. The summed E-state index contributed by atoms with van der Waals surface area (Å²) in [5, 5.41) is 20.4. The van der Waals surface area contributed by atoms with Gasteiger partial charge in [0.15, 0.2) is 11.5 Å². The first kappa shape index (κ1) is 49.1. The van der Waals surface area contributed by atoms with E-state index in [1.807, 2.05) is 0 Å². The highest BCUT2D eigenvalue weighted by atomic mass is 79.9. The summed E-state index contributed by atoms with van der Waals surface area (Å²) in [4.78, 5) is 63.3. The molecular weight excluding hydrogens is 866 g/mol. The smallest absolute Gasteiger partial charge is 0.407 e. The molecule has 17 nitrogen and oxygen atoms in total. The highest BCUT2D eigenvalue weighted by molar-refractivity contribution is 9.10. The summed E-state index contributed by atoms with van der Waals surface area (Å²) in [6, 6.07) is 13.6. The average Bonchev–Trinajstić information content (AvgIpc) is 3.19. The maximum absolute atomic E-state index is 14.1. The maximum Gasteiger partial charge on any atom is 0.407 e. The lowest BCUT2D eigenvalue weighted by molar-refractivity contribution is -0.385. The molecule has 0 aliphatic carbocycles. The van der Waals surface area contributed by atoms with Crippen LogP contribution in [0.1, 0.15) is 83.4 Å². The van der Waals surface area contributed by atoms with Crippen molar-refractivity contribution in [2.45, 2.75) is 101 Å². The van der Waals surface area contributed by atoms with Crippen LogP contribution in [-0.4, -0.2) is 82.3 Å². The molecule has 0 saturated carbocycles. The number of nitro benzene ring substituents is 1. The van der Waals surface area contributed by atoms with Crippen molar-refractivity contribution in [3.63, 3.8) is 0 Å². The van der Waals surface area contributed by atoms with Crippen molar-refractivity contribution in [3.05, 3.63) is 92.4 Å². The molecule has 0 heterocycles. The number of carbonyl (C=O) groups is 4. The first-order valence-electron chi connectivity index (χ1n) is 19.3. The molecule has 0 radical (unpaired) electrons. The lowest BCUT2D eigenvalue weighted by atomic mass is 10.0. The molecule has 3 aromatic carbocycles. The minimum absolute atomic E-state index is 0.000638. The van der Waals surface area contributed by atoms with Crippen LogP contribution < -0.4 is 30.1 Å². The van der Waals surface area contributed by atoms with Gasteiger partial charge in [0.25, 0.3) is 5.69 Å². The van der Waals surface area contributed by atoms with Crippen LogP contribution in [-0.2, 0) is 40.3 Å². The molecule has 3 aromatic rings. The number of carbonyl (C=O) groups excluding carboxylic acids is 4. The molecule has 0 saturated heterocycles. The molecule has 328 valence electrons. The number of ether oxygens (including phenoxy) is 4. The van der Waals surface area contributed by atoms with Gasteiger partial charge in [-0.15, -0.1) is 0 Å². The van der Waals surface area contributed by atoms with Crippen LogP contribution in [0.3, 0.4) is 0 Å². The van der Waals surface area contributed by atoms with Gasteiger partial charge in [0.2, 0.25) is 21.8 Å². The molecule has 0 fully saturated rings. The molecule has 19 heteroatoms. The Kier molecular flexibility index (Phi) is 19.2. The van der Waals surface area contributed by atoms with Gasteiger partial charge in [-0.1, -0.05) is 46.3 Å². The van der Waals surface area contributed by atoms with Gasteiger partial charge < -0.3 is 34.9 Å². The third-order valence-electron chi connectivity index (χ3n) is 8.84. The first-order chi connectivity index (χ1) is 28.3. The summed E-state index contributed by atoms with van der Waals surface area (Å²) >= 11 is 3.29. The van der Waals surface area contributed by atoms with Crippen LogP contribution in [0.4, 0.5) is 10.5 Å². The Morgan fingerprint density at radius 3 is 2.15 bits per heavy atom. The second kappa shape index (κ2) is 23.5. The molecule has 0 aromatic heterocycles. The average molecular weight is 921 g/mol.